The average molecular weight is 245 g/mol. The lowest BCUT2D eigenvalue weighted by Gasteiger charge is -2.14. The Morgan fingerprint density at radius 2 is 2.07 bits per heavy atom. The normalized spacial score (nSPS) is 12.3. The fourth-order valence-corrected chi connectivity index (χ4v) is 1.39. The van der Waals surface area contributed by atoms with Crippen molar-refractivity contribution in [2.24, 2.45) is 0 Å². The van der Waals surface area contributed by atoms with E-state index in [1.165, 1.54) is 0 Å². The third kappa shape index (κ3) is 2.86. The standard InChI is InChI=1S/C11H10Cl2O2/c1-6-9(12)4-5-10(11(6)13)15-8(3)7(2)14/h2,4-5,8H,1,3H3. The number of hydrogen-bond donors (Lipinski definition) is 0. The molecule has 80 valence electrons. The van der Waals surface area contributed by atoms with Crippen LogP contribution in [0.5, 0.6) is 5.75 Å². The molecule has 0 saturated carbocycles. The number of carbonyl (C=O) groups is 1. The number of halogens is 2. The smallest absolute Gasteiger partial charge is 0.177 e. The van der Waals surface area contributed by atoms with Gasteiger partial charge in [0.25, 0.3) is 0 Å². The predicted molar refractivity (Wildman–Crippen MR) is 60.6 cm³/mol. The molecule has 1 aromatic carbocycles. The highest BCUT2D eigenvalue weighted by molar-refractivity contribution is 6.36. The van der Waals surface area contributed by atoms with Gasteiger partial charge in [-0.1, -0.05) is 23.2 Å². The Balaban J connectivity index is 2.97. The highest BCUT2D eigenvalue weighted by Gasteiger charge is 2.13. The molecule has 15 heavy (non-hydrogen) atoms. The highest BCUT2D eigenvalue weighted by atomic mass is 35.5. The van der Waals surface area contributed by atoms with Gasteiger partial charge in [0.1, 0.15) is 5.75 Å². The summed E-state index contributed by atoms with van der Waals surface area (Å²) in [6.45, 7) is 8.40. The van der Waals surface area contributed by atoms with Crippen molar-refractivity contribution in [1.82, 2.24) is 0 Å². The monoisotopic (exact) mass is 244 g/mol. The summed E-state index contributed by atoms with van der Waals surface area (Å²) in [6.07, 6.45) is -0.719. The van der Waals surface area contributed by atoms with Crippen LogP contribution in [0.4, 0.5) is 0 Å². The van der Waals surface area contributed by atoms with Crippen LogP contribution in [0.1, 0.15) is 12.5 Å². The van der Waals surface area contributed by atoms with Crippen LogP contribution in [-0.2, 0) is 4.79 Å². The summed E-state index contributed by atoms with van der Waals surface area (Å²) in [6, 6.07) is 3.27. The Kier molecular flexibility index (Phi) is 4.00. The first-order valence-electron chi connectivity index (χ1n) is 4.34. The molecule has 0 fully saturated rings. The van der Waals surface area contributed by atoms with Gasteiger partial charge in [-0.2, -0.15) is 0 Å². The molecule has 0 spiro atoms. The summed E-state index contributed by atoms with van der Waals surface area (Å²) in [7, 11) is 0. The van der Waals surface area contributed by atoms with Crippen molar-refractivity contribution in [3.8, 4) is 5.75 Å². The number of carbonyl (C=O) groups excluding carboxylic acids is 1. The van der Waals surface area contributed by atoms with Gasteiger partial charge in [-0.3, -0.25) is 4.79 Å². The minimum absolute atomic E-state index is 0.399. The zero-order valence-electron chi connectivity index (χ0n) is 8.38. The van der Waals surface area contributed by atoms with E-state index in [9.17, 15) is 4.79 Å². The molecule has 1 rings (SSSR count). The van der Waals surface area contributed by atoms with Crippen molar-refractivity contribution in [2.45, 2.75) is 20.0 Å². The quantitative estimate of drug-likeness (QED) is 0.816. The Morgan fingerprint density at radius 3 is 2.60 bits per heavy atom. The van der Waals surface area contributed by atoms with Gasteiger partial charge in [0.15, 0.2) is 11.9 Å². The van der Waals surface area contributed by atoms with Crippen LogP contribution >= 0.6 is 23.2 Å². The Hall–Kier alpha value is -0.730. The van der Waals surface area contributed by atoms with Crippen LogP contribution in [0.2, 0.25) is 10.0 Å². The molecule has 0 aliphatic heterocycles. The zero-order valence-corrected chi connectivity index (χ0v) is 9.89. The summed E-state index contributed by atoms with van der Waals surface area (Å²) < 4.78 is 5.28. The van der Waals surface area contributed by atoms with Gasteiger partial charge >= 0.3 is 0 Å². The summed E-state index contributed by atoms with van der Waals surface area (Å²) >= 11 is 11.8. The lowest BCUT2D eigenvalue weighted by Crippen LogP contribution is -2.21. The fraction of sp³-hybridized carbons (Fsp3) is 0.273. The van der Waals surface area contributed by atoms with E-state index in [4.69, 9.17) is 34.9 Å². The van der Waals surface area contributed by atoms with Gasteiger partial charge in [-0.05, 0) is 31.5 Å². The Bertz CT molecular complexity index is 388. The first kappa shape index (κ1) is 12.3. The van der Waals surface area contributed by atoms with Crippen molar-refractivity contribution >= 4 is 29.0 Å². The maximum absolute atomic E-state index is 10.8. The second-order valence-corrected chi connectivity index (χ2v) is 3.93. The van der Waals surface area contributed by atoms with E-state index in [2.05, 4.69) is 0 Å². The third-order valence-electron chi connectivity index (χ3n) is 1.99. The zero-order chi connectivity index (χ0) is 11.6. The summed E-state index contributed by atoms with van der Waals surface area (Å²) in [5, 5.41) is 0.953. The lowest BCUT2D eigenvalue weighted by atomic mass is 10.2. The van der Waals surface area contributed by atoms with Crippen LogP contribution in [-0.4, -0.2) is 11.9 Å². The third-order valence-corrected chi connectivity index (χ3v) is 2.87. The maximum atomic E-state index is 10.8. The van der Waals surface area contributed by atoms with Crippen molar-refractivity contribution in [2.75, 3.05) is 0 Å². The molecule has 2 radical (unpaired) electrons. The molecule has 0 heterocycles. The van der Waals surface area contributed by atoms with Crippen LogP contribution in [0.25, 0.3) is 0 Å². The van der Waals surface area contributed by atoms with Crippen LogP contribution < -0.4 is 4.74 Å². The second kappa shape index (κ2) is 4.86. The molecule has 0 N–H and O–H groups in total. The summed E-state index contributed by atoms with van der Waals surface area (Å²) in [4.78, 5) is 10.8. The molecule has 0 aliphatic rings. The Morgan fingerprint density at radius 1 is 1.47 bits per heavy atom. The molecule has 0 bridgehead atoms. The summed E-state index contributed by atoms with van der Waals surface area (Å²) in [5.74, 6) is -0.136. The molecule has 0 saturated heterocycles. The average Bonchev–Trinajstić information content (AvgIpc) is 2.18. The minimum Gasteiger partial charge on any atom is -0.481 e. The van der Waals surface area contributed by atoms with E-state index in [1.807, 2.05) is 0 Å². The number of hydrogen-bond acceptors (Lipinski definition) is 2. The van der Waals surface area contributed by atoms with Gasteiger partial charge in [0.2, 0.25) is 0 Å². The second-order valence-electron chi connectivity index (χ2n) is 3.15. The predicted octanol–water partition coefficient (Wildman–Crippen LogP) is 3.35. The van der Waals surface area contributed by atoms with Gasteiger partial charge in [-0.25, -0.2) is 0 Å². The molecule has 0 amide bonds. The molecule has 1 atom stereocenters. The highest BCUT2D eigenvalue weighted by Crippen LogP contribution is 2.33. The largest absolute Gasteiger partial charge is 0.481 e. The first-order valence-corrected chi connectivity index (χ1v) is 5.09. The van der Waals surface area contributed by atoms with E-state index in [0.717, 1.165) is 0 Å². The van der Waals surface area contributed by atoms with Crippen molar-refractivity contribution in [3.63, 3.8) is 0 Å². The van der Waals surface area contributed by atoms with E-state index in [0.29, 0.717) is 21.4 Å². The SMILES string of the molecule is [CH]C(=O)C(C)Oc1ccc(Cl)c(C)c1Cl. The number of rotatable bonds is 3. The van der Waals surface area contributed by atoms with Crippen molar-refractivity contribution < 1.29 is 9.53 Å². The van der Waals surface area contributed by atoms with Crippen molar-refractivity contribution in [3.05, 3.63) is 34.7 Å². The van der Waals surface area contributed by atoms with Crippen LogP contribution in [0.15, 0.2) is 12.1 Å². The van der Waals surface area contributed by atoms with E-state index in [-0.39, 0.29) is 0 Å². The number of benzene rings is 1. The topological polar surface area (TPSA) is 26.3 Å². The van der Waals surface area contributed by atoms with Gasteiger partial charge in [0, 0.05) is 11.9 Å². The fourth-order valence-electron chi connectivity index (χ4n) is 0.976. The number of ether oxygens (including phenoxy) is 1. The van der Waals surface area contributed by atoms with Crippen LogP contribution in [0, 0.1) is 13.8 Å². The number of Topliss-reactive ketones (excluding diaryl/α,β-unsaturated/α-hetero) is 1. The molecular formula is C11H10Cl2O2. The maximum Gasteiger partial charge on any atom is 0.177 e. The van der Waals surface area contributed by atoms with Crippen molar-refractivity contribution in [1.29, 1.82) is 0 Å². The lowest BCUT2D eigenvalue weighted by molar-refractivity contribution is -0.120. The minimum atomic E-state index is -0.719. The van der Waals surface area contributed by atoms with Gasteiger partial charge < -0.3 is 4.74 Å². The molecule has 4 heteroatoms. The molecule has 1 aromatic rings. The van der Waals surface area contributed by atoms with Gasteiger partial charge in [0.05, 0.1) is 5.02 Å². The van der Waals surface area contributed by atoms with Crippen LogP contribution in [0.3, 0.4) is 0 Å². The summed E-state index contributed by atoms with van der Waals surface area (Å²) in [5.41, 5.74) is 0.715. The molecule has 0 aromatic heterocycles. The molecule has 1 unspecified atom stereocenters. The molecule has 0 aliphatic carbocycles. The molecular weight excluding hydrogens is 235 g/mol. The Labute approximate surface area is 99.1 Å². The molecule has 2 nitrogen and oxygen atoms in total. The van der Waals surface area contributed by atoms with Gasteiger partial charge in [-0.15, -0.1) is 0 Å². The van der Waals surface area contributed by atoms with E-state index >= 15 is 0 Å². The first-order chi connectivity index (χ1) is 6.93. The number of ketones is 1. The van der Waals surface area contributed by atoms with E-state index in [1.54, 1.807) is 26.0 Å². The van der Waals surface area contributed by atoms with E-state index < -0.39 is 11.9 Å².